The second-order valence-corrected chi connectivity index (χ2v) is 4.88. The van der Waals surface area contributed by atoms with Crippen LogP contribution in [0.4, 0.5) is 0 Å². The van der Waals surface area contributed by atoms with Gasteiger partial charge < -0.3 is 14.7 Å². The quantitative estimate of drug-likeness (QED) is 0.379. The minimum atomic E-state index is 0.462. The van der Waals surface area contributed by atoms with Crippen LogP contribution in [0.15, 0.2) is 58.2 Å². The molecule has 0 bridgehead atoms. The Labute approximate surface area is 125 Å². The van der Waals surface area contributed by atoms with Crippen molar-refractivity contribution in [3.05, 3.63) is 58.6 Å². The summed E-state index contributed by atoms with van der Waals surface area (Å²) in [4.78, 5) is 0. The molecule has 0 heterocycles. The van der Waals surface area contributed by atoms with Gasteiger partial charge >= 0.3 is 0 Å². The highest BCUT2D eigenvalue weighted by molar-refractivity contribution is 9.10. The fourth-order valence-corrected chi connectivity index (χ4v) is 1.83. The molecule has 0 unspecified atom stereocenters. The normalized spacial score (nSPS) is 10.7. The molecule has 0 amide bonds. The van der Waals surface area contributed by atoms with Crippen LogP contribution in [-0.4, -0.2) is 24.6 Å². The van der Waals surface area contributed by atoms with Crippen LogP contribution in [0.25, 0.3) is 0 Å². The van der Waals surface area contributed by atoms with E-state index in [1.807, 2.05) is 48.5 Å². The van der Waals surface area contributed by atoms with Gasteiger partial charge in [-0.2, -0.15) is 0 Å². The summed E-state index contributed by atoms with van der Waals surface area (Å²) in [5.41, 5.74) is 0.811. The first kappa shape index (κ1) is 14.4. The Bertz CT molecular complexity index is 552. The van der Waals surface area contributed by atoms with Crippen molar-refractivity contribution in [2.45, 2.75) is 0 Å². The van der Waals surface area contributed by atoms with Gasteiger partial charge in [0, 0.05) is 4.47 Å². The Hall–Kier alpha value is -2.01. The molecule has 0 aliphatic heterocycles. The van der Waals surface area contributed by atoms with E-state index in [2.05, 4.69) is 21.1 Å². The van der Waals surface area contributed by atoms with E-state index in [0.29, 0.717) is 13.2 Å². The van der Waals surface area contributed by atoms with Gasteiger partial charge in [-0.1, -0.05) is 21.1 Å². The maximum absolute atomic E-state index is 8.41. The number of oxime groups is 1. The van der Waals surface area contributed by atoms with Crippen molar-refractivity contribution in [1.29, 1.82) is 0 Å². The average Bonchev–Trinajstić information content (AvgIpc) is 2.47. The molecule has 0 saturated carbocycles. The molecule has 0 aliphatic rings. The third-order valence-electron chi connectivity index (χ3n) is 2.52. The first-order chi connectivity index (χ1) is 9.78. The van der Waals surface area contributed by atoms with E-state index in [9.17, 15) is 0 Å². The molecular formula is C15H14BrNO3. The summed E-state index contributed by atoms with van der Waals surface area (Å²) < 4.78 is 12.1. The predicted octanol–water partition coefficient (Wildman–Crippen LogP) is 3.72. The van der Waals surface area contributed by atoms with Crippen molar-refractivity contribution < 1.29 is 14.7 Å². The zero-order valence-corrected chi connectivity index (χ0v) is 12.3. The van der Waals surface area contributed by atoms with Crippen LogP contribution in [0.3, 0.4) is 0 Å². The molecule has 1 N–H and O–H groups in total. The van der Waals surface area contributed by atoms with Crippen LogP contribution in [-0.2, 0) is 0 Å². The Morgan fingerprint density at radius 2 is 1.40 bits per heavy atom. The number of ether oxygens (including phenoxy) is 2. The maximum atomic E-state index is 8.41. The summed E-state index contributed by atoms with van der Waals surface area (Å²) in [7, 11) is 0. The number of hydrogen-bond donors (Lipinski definition) is 1. The van der Waals surface area contributed by atoms with Crippen LogP contribution in [0, 0.1) is 0 Å². The van der Waals surface area contributed by atoms with Crippen molar-refractivity contribution in [2.75, 3.05) is 13.2 Å². The van der Waals surface area contributed by atoms with Gasteiger partial charge in [-0.25, -0.2) is 0 Å². The lowest BCUT2D eigenvalue weighted by molar-refractivity contribution is 0.217. The molecular weight excluding hydrogens is 322 g/mol. The largest absolute Gasteiger partial charge is 0.490 e. The maximum Gasteiger partial charge on any atom is 0.122 e. The van der Waals surface area contributed by atoms with Gasteiger partial charge in [0.15, 0.2) is 0 Å². The predicted molar refractivity (Wildman–Crippen MR) is 81.0 cm³/mol. The number of benzene rings is 2. The fraction of sp³-hybridized carbons (Fsp3) is 0.133. The van der Waals surface area contributed by atoms with E-state index >= 15 is 0 Å². The molecule has 104 valence electrons. The monoisotopic (exact) mass is 335 g/mol. The van der Waals surface area contributed by atoms with E-state index in [0.717, 1.165) is 21.5 Å². The lowest BCUT2D eigenvalue weighted by Crippen LogP contribution is -2.08. The van der Waals surface area contributed by atoms with Gasteiger partial charge in [-0.15, -0.1) is 0 Å². The summed E-state index contributed by atoms with van der Waals surface area (Å²) in [6, 6.07) is 14.9. The summed E-state index contributed by atoms with van der Waals surface area (Å²) in [6.07, 6.45) is 1.36. The van der Waals surface area contributed by atoms with Crippen molar-refractivity contribution in [2.24, 2.45) is 5.16 Å². The molecule has 0 fully saturated rings. The second-order valence-electron chi connectivity index (χ2n) is 3.96. The molecule has 0 atom stereocenters. The van der Waals surface area contributed by atoms with Gasteiger partial charge in [-0.3, -0.25) is 0 Å². The van der Waals surface area contributed by atoms with Crippen LogP contribution >= 0.6 is 15.9 Å². The van der Waals surface area contributed by atoms with Crippen molar-refractivity contribution in [3.63, 3.8) is 0 Å². The molecule has 0 aromatic heterocycles. The van der Waals surface area contributed by atoms with Crippen molar-refractivity contribution >= 4 is 22.1 Å². The summed E-state index contributed by atoms with van der Waals surface area (Å²) in [5, 5.41) is 11.4. The van der Waals surface area contributed by atoms with Crippen molar-refractivity contribution in [3.8, 4) is 11.5 Å². The first-order valence-electron chi connectivity index (χ1n) is 6.06. The molecule has 0 saturated heterocycles. The molecule has 0 aliphatic carbocycles. The SMILES string of the molecule is O/N=C/c1ccc(OCCOc2ccc(Br)cc2)cc1. The van der Waals surface area contributed by atoms with Gasteiger partial charge in [0.2, 0.25) is 0 Å². The summed E-state index contributed by atoms with van der Waals surface area (Å²) in [5.74, 6) is 1.56. The minimum Gasteiger partial charge on any atom is -0.490 e. The van der Waals surface area contributed by atoms with Gasteiger partial charge in [0.25, 0.3) is 0 Å². The standard InChI is InChI=1S/C15H14BrNO3/c16-13-3-7-15(8-4-13)20-10-9-19-14-5-1-12(2-6-14)11-17-18/h1-8,11,18H,9-10H2/b17-11+. The number of hydrogen-bond acceptors (Lipinski definition) is 4. The van der Waals surface area contributed by atoms with E-state index < -0.39 is 0 Å². The molecule has 2 aromatic carbocycles. The molecule has 20 heavy (non-hydrogen) atoms. The number of nitrogens with zero attached hydrogens (tertiary/aromatic N) is 1. The molecule has 5 heteroatoms. The topological polar surface area (TPSA) is 51.1 Å². The lowest BCUT2D eigenvalue weighted by atomic mass is 10.2. The second kappa shape index (κ2) is 7.55. The highest BCUT2D eigenvalue weighted by atomic mass is 79.9. The zero-order chi connectivity index (χ0) is 14.2. The molecule has 2 rings (SSSR count). The average molecular weight is 336 g/mol. The van der Waals surface area contributed by atoms with E-state index in [-0.39, 0.29) is 0 Å². The number of halogens is 1. The van der Waals surface area contributed by atoms with E-state index in [4.69, 9.17) is 14.7 Å². The van der Waals surface area contributed by atoms with Crippen LogP contribution < -0.4 is 9.47 Å². The molecule has 0 spiro atoms. The van der Waals surface area contributed by atoms with Gasteiger partial charge in [0.1, 0.15) is 24.7 Å². The van der Waals surface area contributed by atoms with Gasteiger partial charge in [0.05, 0.1) is 6.21 Å². The molecule has 2 aromatic rings. The fourth-order valence-electron chi connectivity index (χ4n) is 1.57. The Morgan fingerprint density at radius 1 is 0.900 bits per heavy atom. The van der Waals surface area contributed by atoms with Crippen LogP contribution in [0.2, 0.25) is 0 Å². The summed E-state index contributed by atoms with van der Waals surface area (Å²) >= 11 is 3.37. The molecule has 4 nitrogen and oxygen atoms in total. The smallest absolute Gasteiger partial charge is 0.122 e. The van der Waals surface area contributed by atoms with Crippen LogP contribution in [0.5, 0.6) is 11.5 Å². The lowest BCUT2D eigenvalue weighted by Gasteiger charge is -2.08. The van der Waals surface area contributed by atoms with E-state index in [1.54, 1.807) is 0 Å². The zero-order valence-electron chi connectivity index (χ0n) is 10.7. The first-order valence-corrected chi connectivity index (χ1v) is 6.86. The number of rotatable bonds is 6. The van der Waals surface area contributed by atoms with E-state index in [1.165, 1.54) is 6.21 Å². The highest BCUT2D eigenvalue weighted by Crippen LogP contribution is 2.16. The third kappa shape index (κ3) is 4.59. The Morgan fingerprint density at radius 3 is 1.90 bits per heavy atom. The molecule has 0 radical (unpaired) electrons. The highest BCUT2D eigenvalue weighted by Gasteiger charge is 1.96. The summed E-state index contributed by atoms with van der Waals surface area (Å²) in [6.45, 7) is 0.935. The Kier molecular flexibility index (Phi) is 5.43. The van der Waals surface area contributed by atoms with Crippen LogP contribution in [0.1, 0.15) is 5.56 Å². The van der Waals surface area contributed by atoms with Gasteiger partial charge in [-0.05, 0) is 54.1 Å². The third-order valence-corrected chi connectivity index (χ3v) is 3.05. The minimum absolute atomic E-state index is 0.462. The van der Waals surface area contributed by atoms with Crippen molar-refractivity contribution in [1.82, 2.24) is 0 Å². The Balaban J connectivity index is 1.74.